The van der Waals surface area contributed by atoms with Gasteiger partial charge in [-0.3, -0.25) is 20.5 Å². The fraction of sp³-hybridized carbons (Fsp3) is 0.250. The Kier molecular flexibility index (Phi) is 6.36. The van der Waals surface area contributed by atoms with Crippen molar-refractivity contribution in [1.82, 2.24) is 20.3 Å². The van der Waals surface area contributed by atoms with Crippen LogP contribution >= 0.6 is 15.9 Å². The molecule has 0 saturated heterocycles. The molecule has 0 unspecified atom stereocenters. The fourth-order valence-electron chi connectivity index (χ4n) is 2.79. The summed E-state index contributed by atoms with van der Waals surface area (Å²) in [7, 11) is 0. The summed E-state index contributed by atoms with van der Waals surface area (Å²) in [6.45, 7) is 6.03. The maximum absolute atomic E-state index is 12.1. The Hall–Kier alpha value is -2.51. The number of carbonyl (C=O) groups excluding carboxylic acids is 1. The van der Waals surface area contributed by atoms with Gasteiger partial charge in [0.15, 0.2) is 0 Å². The summed E-state index contributed by atoms with van der Waals surface area (Å²) in [4.78, 5) is 23.3. The predicted molar refractivity (Wildman–Crippen MR) is 112 cm³/mol. The minimum absolute atomic E-state index is 0.125. The third-order valence-corrected chi connectivity index (χ3v) is 4.77. The minimum atomic E-state index is -0.125. The van der Waals surface area contributed by atoms with E-state index in [1.54, 1.807) is 0 Å². The van der Waals surface area contributed by atoms with Gasteiger partial charge in [0.25, 0.3) is 5.91 Å². The molecule has 0 aliphatic rings. The lowest BCUT2D eigenvalue weighted by molar-refractivity contribution is -0.121. The van der Waals surface area contributed by atoms with Gasteiger partial charge in [-0.2, -0.15) is 0 Å². The number of nitrogens with zero attached hydrogens (tertiary/aromatic N) is 3. The van der Waals surface area contributed by atoms with E-state index in [1.807, 2.05) is 67.3 Å². The van der Waals surface area contributed by atoms with Crippen molar-refractivity contribution in [2.75, 3.05) is 25.1 Å². The Balaban J connectivity index is 1.88. The zero-order chi connectivity index (χ0) is 19.2. The molecule has 1 amide bonds. The SMILES string of the molecule is CCN(CC)CC(=O)NNc1nc(-c2ccccc2)c2cc(Br)ccc2n1. The molecule has 140 valence electrons. The zero-order valence-electron chi connectivity index (χ0n) is 15.4. The molecule has 7 heteroatoms. The standard InChI is InChI=1S/C20H22BrN5O/c1-3-26(4-2)13-18(27)24-25-20-22-17-11-10-15(21)12-16(17)19(23-20)14-8-6-5-7-9-14/h5-12H,3-4,13H2,1-2H3,(H,24,27)(H,22,23,25). The number of aromatic nitrogens is 2. The summed E-state index contributed by atoms with van der Waals surface area (Å²) in [5, 5.41) is 0.940. The zero-order valence-corrected chi connectivity index (χ0v) is 17.0. The molecule has 27 heavy (non-hydrogen) atoms. The molecule has 2 aromatic carbocycles. The van der Waals surface area contributed by atoms with E-state index in [1.165, 1.54) is 0 Å². The summed E-state index contributed by atoms with van der Waals surface area (Å²) in [6.07, 6.45) is 0. The van der Waals surface area contributed by atoms with E-state index in [9.17, 15) is 4.79 Å². The smallest absolute Gasteiger partial charge is 0.252 e. The first-order valence-corrected chi connectivity index (χ1v) is 9.70. The van der Waals surface area contributed by atoms with Crippen LogP contribution in [0.25, 0.3) is 22.2 Å². The molecule has 0 atom stereocenters. The second-order valence-corrected chi connectivity index (χ2v) is 6.97. The van der Waals surface area contributed by atoms with Crippen molar-refractivity contribution in [2.24, 2.45) is 0 Å². The number of likely N-dealkylation sites (N-methyl/N-ethyl adjacent to an activating group) is 1. The van der Waals surface area contributed by atoms with Crippen molar-refractivity contribution in [2.45, 2.75) is 13.8 Å². The highest BCUT2D eigenvalue weighted by Gasteiger charge is 2.12. The third kappa shape index (κ3) is 4.81. The van der Waals surface area contributed by atoms with E-state index in [2.05, 4.69) is 36.7 Å². The van der Waals surface area contributed by atoms with Gasteiger partial charge in [-0.1, -0.05) is 60.1 Å². The number of amides is 1. The Morgan fingerprint density at radius 2 is 1.81 bits per heavy atom. The monoisotopic (exact) mass is 427 g/mol. The first kappa shape index (κ1) is 19.3. The van der Waals surface area contributed by atoms with E-state index in [-0.39, 0.29) is 5.91 Å². The van der Waals surface area contributed by atoms with Gasteiger partial charge in [0.1, 0.15) is 0 Å². The quantitative estimate of drug-likeness (QED) is 0.560. The Morgan fingerprint density at radius 1 is 1.07 bits per heavy atom. The van der Waals surface area contributed by atoms with Gasteiger partial charge in [0.05, 0.1) is 17.8 Å². The van der Waals surface area contributed by atoms with Crippen LogP contribution in [0.1, 0.15) is 13.8 Å². The molecule has 0 bridgehead atoms. The molecule has 0 saturated carbocycles. The second-order valence-electron chi connectivity index (χ2n) is 6.06. The van der Waals surface area contributed by atoms with Crippen LogP contribution in [0.3, 0.4) is 0 Å². The van der Waals surface area contributed by atoms with Crippen LogP contribution in [0.4, 0.5) is 5.95 Å². The van der Waals surface area contributed by atoms with Crippen molar-refractivity contribution in [3.8, 4) is 11.3 Å². The van der Waals surface area contributed by atoms with Crippen LogP contribution in [-0.2, 0) is 4.79 Å². The summed E-state index contributed by atoms with van der Waals surface area (Å²) >= 11 is 3.51. The molecule has 1 aromatic heterocycles. The first-order chi connectivity index (χ1) is 13.1. The van der Waals surface area contributed by atoms with Crippen LogP contribution < -0.4 is 10.9 Å². The Bertz CT molecular complexity index is 928. The summed E-state index contributed by atoms with van der Waals surface area (Å²) in [5.74, 6) is 0.232. The molecule has 0 aliphatic heterocycles. The van der Waals surface area contributed by atoms with Crippen LogP contribution in [0.2, 0.25) is 0 Å². The fourth-order valence-corrected chi connectivity index (χ4v) is 3.15. The molecule has 1 heterocycles. The van der Waals surface area contributed by atoms with Crippen molar-refractivity contribution in [1.29, 1.82) is 0 Å². The van der Waals surface area contributed by atoms with Gasteiger partial charge in [-0.05, 0) is 31.3 Å². The molecule has 2 N–H and O–H groups in total. The summed E-state index contributed by atoms with van der Waals surface area (Å²) in [5.41, 5.74) is 8.14. The van der Waals surface area contributed by atoms with E-state index in [0.29, 0.717) is 12.5 Å². The lowest BCUT2D eigenvalue weighted by Gasteiger charge is -2.17. The highest BCUT2D eigenvalue weighted by Crippen LogP contribution is 2.29. The number of fused-ring (bicyclic) bond motifs is 1. The number of anilines is 1. The van der Waals surface area contributed by atoms with E-state index < -0.39 is 0 Å². The number of benzene rings is 2. The first-order valence-electron chi connectivity index (χ1n) is 8.90. The number of rotatable bonds is 7. The van der Waals surface area contributed by atoms with Gasteiger partial charge in [-0.25, -0.2) is 9.97 Å². The van der Waals surface area contributed by atoms with Gasteiger partial charge in [0.2, 0.25) is 5.95 Å². The molecule has 0 aliphatic carbocycles. The predicted octanol–water partition coefficient (Wildman–Crippen LogP) is 3.84. The highest BCUT2D eigenvalue weighted by molar-refractivity contribution is 9.10. The summed E-state index contributed by atoms with van der Waals surface area (Å²) < 4.78 is 0.962. The van der Waals surface area contributed by atoms with Crippen molar-refractivity contribution in [3.05, 3.63) is 53.0 Å². The summed E-state index contributed by atoms with van der Waals surface area (Å²) in [6, 6.07) is 15.8. The normalized spacial score (nSPS) is 11.0. The molecule has 6 nitrogen and oxygen atoms in total. The van der Waals surface area contributed by atoms with E-state index in [0.717, 1.165) is 39.7 Å². The topological polar surface area (TPSA) is 70.2 Å². The number of halogens is 1. The van der Waals surface area contributed by atoms with E-state index in [4.69, 9.17) is 0 Å². The van der Waals surface area contributed by atoms with Gasteiger partial charge in [-0.15, -0.1) is 0 Å². The lowest BCUT2D eigenvalue weighted by atomic mass is 10.1. The number of nitrogens with one attached hydrogen (secondary N) is 2. The van der Waals surface area contributed by atoms with Crippen LogP contribution in [0, 0.1) is 0 Å². The van der Waals surface area contributed by atoms with Crippen molar-refractivity contribution < 1.29 is 4.79 Å². The lowest BCUT2D eigenvalue weighted by Crippen LogP contribution is -2.40. The Labute approximate surface area is 167 Å². The van der Waals surface area contributed by atoms with Gasteiger partial charge >= 0.3 is 0 Å². The molecule has 3 aromatic rings. The van der Waals surface area contributed by atoms with Crippen molar-refractivity contribution in [3.63, 3.8) is 0 Å². The number of hydrazine groups is 1. The van der Waals surface area contributed by atoms with Crippen LogP contribution in [-0.4, -0.2) is 40.4 Å². The number of carbonyl (C=O) groups is 1. The highest BCUT2D eigenvalue weighted by atomic mass is 79.9. The third-order valence-electron chi connectivity index (χ3n) is 4.28. The number of hydrogen-bond acceptors (Lipinski definition) is 5. The molecular weight excluding hydrogens is 406 g/mol. The van der Waals surface area contributed by atoms with Gasteiger partial charge < -0.3 is 0 Å². The molecular formula is C20H22BrN5O. The molecule has 3 rings (SSSR count). The maximum Gasteiger partial charge on any atom is 0.252 e. The molecule has 0 fully saturated rings. The average molecular weight is 428 g/mol. The minimum Gasteiger partial charge on any atom is -0.295 e. The van der Waals surface area contributed by atoms with Crippen LogP contribution in [0.5, 0.6) is 0 Å². The average Bonchev–Trinajstić information content (AvgIpc) is 2.70. The largest absolute Gasteiger partial charge is 0.295 e. The Morgan fingerprint density at radius 3 is 2.52 bits per heavy atom. The second kappa shape index (κ2) is 8.92. The van der Waals surface area contributed by atoms with E-state index >= 15 is 0 Å². The molecule has 0 spiro atoms. The molecule has 0 radical (unpaired) electrons. The number of hydrogen-bond donors (Lipinski definition) is 2. The maximum atomic E-state index is 12.1. The van der Waals surface area contributed by atoms with Gasteiger partial charge in [0, 0.05) is 15.4 Å². The van der Waals surface area contributed by atoms with Crippen molar-refractivity contribution >= 4 is 38.7 Å². The van der Waals surface area contributed by atoms with Crippen LogP contribution in [0.15, 0.2) is 53.0 Å².